The number of amides is 1. The van der Waals surface area contributed by atoms with Gasteiger partial charge in [-0.3, -0.25) is 9.78 Å². The van der Waals surface area contributed by atoms with Crippen molar-refractivity contribution in [3.63, 3.8) is 0 Å². The molecule has 1 aliphatic heterocycles. The molecule has 3 rings (SSSR count). The number of nitrogens with zero attached hydrogens (tertiary/aromatic N) is 3. The van der Waals surface area contributed by atoms with E-state index in [1.807, 2.05) is 25.2 Å². The molecule has 1 N–H and O–H groups in total. The summed E-state index contributed by atoms with van der Waals surface area (Å²) in [5.41, 5.74) is 3.59. The Balaban J connectivity index is 1.63. The summed E-state index contributed by atoms with van der Waals surface area (Å²) in [6.45, 7) is 5.37. The van der Waals surface area contributed by atoms with Crippen LogP contribution in [-0.2, 0) is 0 Å². The Bertz CT molecular complexity index is 738. The molecule has 144 valence electrons. The van der Waals surface area contributed by atoms with E-state index in [9.17, 15) is 4.79 Å². The van der Waals surface area contributed by atoms with Gasteiger partial charge in [-0.15, -0.1) is 0 Å². The number of benzene rings is 1. The molecule has 2 aromatic rings. The molecule has 0 spiro atoms. The number of hydrogen-bond acceptors (Lipinski definition) is 4. The van der Waals surface area contributed by atoms with Gasteiger partial charge in [0, 0.05) is 44.3 Å². The van der Waals surface area contributed by atoms with E-state index in [2.05, 4.69) is 39.2 Å². The average Bonchev–Trinajstić information content (AvgIpc) is 2.73. The van der Waals surface area contributed by atoms with Gasteiger partial charge in [0.15, 0.2) is 0 Å². The predicted octanol–water partition coefficient (Wildman–Crippen LogP) is 4.56. The first-order chi connectivity index (χ1) is 13.2. The molecule has 1 aromatic heterocycles. The van der Waals surface area contributed by atoms with Crippen molar-refractivity contribution in [3.05, 3.63) is 48.3 Å². The molecule has 1 aliphatic rings. The van der Waals surface area contributed by atoms with E-state index in [0.717, 1.165) is 43.9 Å². The zero-order chi connectivity index (χ0) is 19.1. The molecule has 0 radical (unpaired) electrons. The Hall–Kier alpha value is -2.56. The molecule has 2 heterocycles. The lowest BCUT2D eigenvalue weighted by Gasteiger charge is -2.28. The fourth-order valence-corrected chi connectivity index (χ4v) is 3.40. The lowest BCUT2D eigenvalue weighted by Crippen LogP contribution is -2.29. The molecule has 5 heteroatoms. The third-order valence-electron chi connectivity index (χ3n) is 5.12. The number of unbranched alkanes of at least 4 members (excludes halogenated alkanes) is 1. The summed E-state index contributed by atoms with van der Waals surface area (Å²) in [7, 11) is 2.04. The van der Waals surface area contributed by atoms with Gasteiger partial charge in [0.05, 0.1) is 17.4 Å². The van der Waals surface area contributed by atoms with E-state index in [1.54, 1.807) is 12.4 Å². The van der Waals surface area contributed by atoms with Crippen molar-refractivity contribution < 1.29 is 4.79 Å². The van der Waals surface area contributed by atoms with Gasteiger partial charge in [0.2, 0.25) is 0 Å². The first-order valence-corrected chi connectivity index (χ1v) is 10.00. The summed E-state index contributed by atoms with van der Waals surface area (Å²) >= 11 is 0. The first kappa shape index (κ1) is 19.2. The highest BCUT2D eigenvalue weighted by Crippen LogP contribution is 2.22. The standard InChI is InChI=1S/C22H30N4O/c1-3-4-12-25(2)21-15-18(16-23-17-21)22(27)24-19-8-10-20(11-9-19)26-13-6-5-7-14-26/h8-11,15-17H,3-7,12-14H2,1-2H3,(H,24,27). The van der Waals surface area contributed by atoms with Crippen molar-refractivity contribution in [3.8, 4) is 0 Å². The Morgan fingerprint density at radius 1 is 1.15 bits per heavy atom. The van der Waals surface area contributed by atoms with Gasteiger partial charge in [-0.2, -0.15) is 0 Å². The van der Waals surface area contributed by atoms with Crippen LogP contribution < -0.4 is 15.1 Å². The fourth-order valence-electron chi connectivity index (χ4n) is 3.40. The minimum Gasteiger partial charge on any atom is -0.373 e. The zero-order valence-electron chi connectivity index (χ0n) is 16.4. The third-order valence-corrected chi connectivity index (χ3v) is 5.12. The minimum atomic E-state index is -0.126. The molecule has 0 atom stereocenters. The van der Waals surface area contributed by atoms with Crippen LogP contribution in [0.15, 0.2) is 42.7 Å². The van der Waals surface area contributed by atoms with Gasteiger partial charge >= 0.3 is 0 Å². The largest absolute Gasteiger partial charge is 0.373 e. The number of carbonyl (C=O) groups is 1. The number of anilines is 3. The molecular formula is C22H30N4O. The predicted molar refractivity (Wildman–Crippen MR) is 113 cm³/mol. The van der Waals surface area contributed by atoms with Crippen LogP contribution in [0.25, 0.3) is 0 Å². The number of rotatable bonds is 7. The van der Waals surface area contributed by atoms with Gasteiger partial charge in [0.1, 0.15) is 0 Å². The van der Waals surface area contributed by atoms with Crippen molar-refractivity contribution >= 4 is 23.0 Å². The van der Waals surface area contributed by atoms with E-state index in [-0.39, 0.29) is 5.91 Å². The summed E-state index contributed by atoms with van der Waals surface area (Å²) in [6.07, 6.45) is 9.53. The highest BCUT2D eigenvalue weighted by Gasteiger charge is 2.12. The van der Waals surface area contributed by atoms with Gasteiger partial charge in [-0.05, 0) is 56.0 Å². The van der Waals surface area contributed by atoms with Gasteiger partial charge in [-0.25, -0.2) is 0 Å². The van der Waals surface area contributed by atoms with Crippen molar-refractivity contribution in [1.82, 2.24) is 4.98 Å². The van der Waals surface area contributed by atoms with Crippen LogP contribution in [0.1, 0.15) is 49.4 Å². The number of hydrogen-bond donors (Lipinski definition) is 1. The van der Waals surface area contributed by atoms with Crippen molar-refractivity contribution in [1.29, 1.82) is 0 Å². The van der Waals surface area contributed by atoms with E-state index < -0.39 is 0 Å². The maximum atomic E-state index is 12.6. The highest BCUT2D eigenvalue weighted by molar-refractivity contribution is 6.04. The van der Waals surface area contributed by atoms with Crippen LogP contribution in [0.2, 0.25) is 0 Å². The lowest BCUT2D eigenvalue weighted by molar-refractivity contribution is 0.102. The highest BCUT2D eigenvalue weighted by atomic mass is 16.1. The second-order valence-corrected chi connectivity index (χ2v) is 7.26. The maximum Gasteiger partial charge on any atom is 0.257 e. The molecule has 1 saturated heterocycles. The Labute approximate surface area is 162 Å². The molecule has 0 aliphatic carbocycles. The first-order valence-electron chi connectivity index (χ1n) is 10.00. The summed E-state index contributed by atoms with van der Waals surface area (Å²) in [5.74, 6) is -0.126. The molecule has 0 bridgehead atoms. The lowest BCUT2D eigenvalue weighted by atomic mass is 10.1. The molecular weight excluding hydrogens is 336 g/mol. The summed E-state index contributed by atoms with van der Waals surface area (Å²) < 4.78 is 0. The van der Waals surface area contributed by atoms with Crippen LogP contribution in [-0.4, -0.2) is 37.6 Å². The van der Waals surface area contributed by atoms with Crippen molar-refractivity contribution in [2.24, 2.45) is 0 Å². The van der Waals surface area contributed by atoms with E-state index in [0.29, 0.717) is 5.56 Å². The number of piperidine rings is 1. The molecule has 1 fully saturated rings. The Morgan fingerprint density at radius 2 is 1.89 bits per heavy atom. The topological polar surface area (TPSA) is 48.5 Å². The third kappa shape index (κ3) is 5.22. The maximum absolute atomic E-state index is 12.6. The van der Waals surface area contributed by atoms with E-state index in [4.69, 9.17) is 0 Å². The molecule has 1 amide bonds. The fraction of sp³-hybridized carbons (Fsp3) is 0.455. The molecule has 0 saturated carbocycles. The van der Waals surface area contributed by atoms with Crippen molar-refractivity contribution in [2.45, 2.75) is 39.0 Å². The molecule has 0 unspecified atom stereocenters. The number of aromatic nitrogens is 1. The monoisotopic (exact) mass is 366 g/mol. The smallest absolute Gasteiger partial charge is 0.257 e. The minimum absolute atomic E-state index is 0.126. The van der Waals surface area contributed by atoms with Crippen LogP contribution in [0.4, 0.5) is 17.1 Å². The average molecular weight is 367 g/mol. The second kappa shape index (κ2) is 9.40. The summed E-state index contributed by atoms with van der Waals surface area (Å²) in [6, 6.07) is 10.0. The normalized spacial score (nSPS) is 14.1. The van der Waals surface area contributed by atoms with E-state index >= 15 is 0 Å². The summed E-state index contributed by atoms with van der Waals surface area (Å²) in [5, 5.41) is 2.98. The SMILES string of the molecule is CCCCN(C)c1cncc(C(=O)Nc2ccc(N3CCCCC3)cc2)c1. The molecule has 27 heavy (non-hydrogen) atoms. The van der Waals surface area contributed by atoms with Gasteiger partial charge in [0.25, 0.3) is 5.91 Å². The number of carbonyl (C=O) groups excluding carboxylic acids is 1. The summed E-state index contributed by atoms with van der Waals surface area (Å²) in [4.78, 5) is 21.4. The zero-order valence-corrected chi connectivity index (χ0v) is 16.4. The van der Waals surface area contributed by atoms with Gasteiger partial charge < -0.3 is 15.1 Å². The van der Waals surface area contributed by atoms with E-state index in [1.165, 1.54) is 24.9 Å². The Morgan fingerprint density at radius 3 is 2.59 bits per heavy atom. The molecule has 5 nitrogen and oxygen atoms in total. The number of pyridine rings is 1. The van der Waals surface area contributed by atoms with Crippen LogP contribution in [0.5, 0.6) is 0 Å². The van der Waals surface area contributed by atoms with Gasteiger partial charge in [-0.1, -0.05) is 13.3 Å². The van der Waals surface area contributed by atoms with Crippen LogP contribution >= 0.6 is 0 Å². The second-order valence-electron chi connectivity index (χ2n) is 7.26. The quantitative estimate of drug-likeness (QED) is 0.780. The van der Waals surface area contributed by atoms with Crippen LogP contribution in [0, 0.1) is 0 Å². The molecule has 1 aromatic carbocycles. The van der Waals surface area contributed by atoms with Crippen molar-refractivity contribution in [2.75, 3.05) is 41.8 Å². The Kier molecular flexibility index (Phi) is 6.69. The van der Waals surface area contributed by atoms with Crippen LogP contribution in [0.3, 0.4) is 0 Å². The number of nitrogens with one attached hydrogen (secondary N) is 1.